The molecular weight excluding hydrogens is 292 g/mol. The monoisotopic (exact) mass is 316 g/mol. The molecule has 2 rings (SSSR count). The second-order valence-electron chi connectivity index (χ2n) is 5.59. The lowest BCUT2D eigenvalue weighted by Gasteiger charge is -2.35. The van der Waals surface area contributed by atoms with Crippen LogP contribution in [0.25, 0.3) is 0 Å². The van der Waals surface area contributed by atoms with E-state index in [0.717, 1.165) is 24.1 Å². The van der Waals surface area contributed by atoms with E-state index in [9.17, 15) is 8.42 Å². The van der Waals surface area contributed by atoms with E-state index in [1.54, 1.807) is 17.4 Å². The van der Waals surface area contributed by atoms with Crippen molar-refractivity contribution < 1.29 is 8.42 Å². The van der Waals surface area contributed by atoms with Crippen molar-refractivity contribution in [3.05, 3.63) is 16.3 Å². The highest BCUT2D eigenvalue weighted by atomic mass is 32.2. The van der Waals surface area contributed by atoms with Gasteiger partial charge in [0, 0.05) is 24.5 Å². The van der Waals surface area contributed by atoms with Gasteiger partial charge in [-0.2, -0.15) is 4.31 Å². The standard InChI is InChI=1S/C14H24N2O2S2/c1-11-6-4-5-7-12(11)16(3)20(17,18)14-8-9-19-13(14)10-15-2/h8-9,11-12,15H,4-7,10H2,1-3H3. The predicted octanol–water partition coefficient (Wildman–Crippen LogP) is 2.67. The zero-order valence-corrected chi connectivity index (χ0v) is 14.1. The molecule has 1 heterocycles. The summed E-state index contributed by atoms with van der Waals surface area (Å²) in [5.41, 5.74) is 0. The van der Waals surface area contributed by atoms with Gasteiger partial charge in [0.15, 0.2) is 0 Å². The van der Waals surface area contributed by atoms with Gasteiger partial charge in [-0.1, -0.05) is 19.8 Å². The van der Waals surface area contributed by atoms with Crippen molar-refractivity contribution in [2.24, 2.45) is 5.92 Å². The number of sulfonamides is 1. The van der Waals surface area contributed by atoms with Crippen LogP contribution in [0.2, 0.25) is 0 Å². The molecule has 20 heavy (non-hydrogen) atoms. The number of nitrogens with zero attached hydrogens (tertiary/aromatic N) is 1. The summed E-state index contributed by atoms with van der Waals surface area (Å²) in [7, 11) is 0.198. The summed E-state index contributed by atoms with van der Waals surface area (Å²) in [4.78, 5) is 1.36. The summed E-state index contributed by atoms with van der Waals surface area (Å²) in [6, 6.07) is 1.87. The molecule has 4 nitrogen and oxygen atoms in total. The minimum atomic E-state index is -3.38. The Morgan fingerprint density at radius 2 is 2.10 bits per heavy atom. The number of rotatable bonds is 5. The molecule has 1 aliphatic carbocycles. The Bertz CT molecular complexity index is 539. The molecule has 2 atom stereocenters. The van der Waals surface area contributed by atoms with Gasteiger partial charge in [-0.25, -0.2) is 8.42 Å². The second kappa shape index (κ2) is 6.56. The van der Waals surface area contributed by atoms with Crippen LogP contribution < -0.4 is 5.32 Å². The molecule has 6 heteroatoms. The van der Waals surface area contributed by atoms with Crippen LogP contribution in [0.4, 0.5) is 0 Å². The summed E-state index contributed by atoms with van der Waals surface area (Å²) in [6.45, 7) is 2.76. The molecule has 0 aliphatic heterocycles. The lowest BCUT2D eigenvalue weighted by molar-refractivity contribution is 0.213. The lowest BCUT2D eigenvalue weighted by atomic mass is 9.86. The number of hydrogen-bond donors (Lipinski definition) is 1. The molecule has 0 bridgehead atoms. The summed E-state index contributed by atoms with van der Waals surface area (Å²) >= 11 is 1.50. The van der Waals surface area contributed by atoms with Gasteiger partial charge in [0.1, 0.15) is 0 Å². The van der Waals surface area contributed by atoms with Crippen LogP contribution >= 0.6 is 11.3 Å². The Labute approximate surface area is 126 Å². The van der Waals surface area contributed by atoms with Crippen molar-refractivity contribution in [2.45, 2.75) is 50.1 Å². The minimum Gasteiger partial charge on any atom is -0.315 e. The van der Waals surface area contributed by atoms with Crippen LogP contribution in [0.3, 0.4) is 0 Å². The zero-order valence-electron chi connectivity index (χ0n) is 12.4. The Morgan fingerprint density at radius 3 is 2.75 bits per heavy atom. The number of hydrogen-bond acceptors (Lipinski definition) is 4. The normalized spacial score (nSPS) is 24.2. The van der Waals surface area contributed by atoms with Gasteiger partial charge >= 0.3 is 0 Å². The maximum atomic E-state index is 12.8. The van der Waals surface area contributed by atoms with Crippen LogP contribution in [0.15, 0.2) is 16.3 Å². The van der Waals surface area contributed by atoms with Gasteiger partial charge in [0.05, 0.1) is 4.90 Å². The molecule has 1 fully saturated rings. The molecular formula is C14H24N2O2S2. The number of nitrogens with one attached hydrogen (secondary N) is 1. The molecule has 1 aromatic rings. The Kier molecular flexibility index (Phi) is 5.23. The Morgan fingerprint density at radius 1 is 1.40 bits per heavy atom. The fourth-order valence-corrected chi connectivity index (χ4v) is 5.92. The average molecular weight is 316 g/mol. The molecule has 0 aromatic carbocycles. The Hall–Kier alpha value is -0.430. The summed E-state index contributed by atoms with van der Waals surface area (Å²) < 4.78 is 27.3. The fraction of sp³-hybridized carbons (Fsp3) is 0.714. The lowest BCUT2D eigenvalue weighted by Crippen LogP contribution is -2.42. The molecule has 0 spiro atoms. The third kappa shape index (κ3) is 3.08. The van der Waals surface area contributed by atoms with Gasteiger partial charge < -0.3 is 5.32 Å². The molecule has 1 N–H and O–H groups in total. The van der Waals surface area contributed by atoms with Crippen molar-refractivity contribution in [2.75, 3.05) is 14.1 Å². The van der Waals surface area contributed by atoms with E-state index in [1.165, 1.54) is 17.8 Å². The van der Waals surface area contributed by atoms with Crippen molar-refractivity contribution in [1.29, 1.82) is 0 Å². The smallest absolute Gasteiger partial charge is 0.244 e. The van der Waals surface area contributed by atoms with E-state index in [1.807, 2.05) is 12.4 Å². The molecule has 1 aliphatic rings. The first-order valence-corrected chi connectivity index (χ1v) is 9.49. The van der Waals surface area contributed by atoms with Crippen molar-refractivity contribution in [3.8, 4) is 0 Å². The summed E-state index contributed by atoms with van der Waals surface area (Å²) in [5, 5.41) is 4.90. The first kappa shape index (κ1) is 15.9. The fourth-order valence-electron chi connectivity index (χ4n) is 3.02. The zero-order chi connectivity index (χ0) is 14.8. The van der Waals surface area contributed by atoms with E-state index in [2.05, 4.69) is 12.2 Å². The molecule has 114 valence electrons. The first-order valence-electron chi connectivity index (χ1n) is 7.17. The maximum Gasteiger partial charge on any atom is 0.244 e. The highest BCUT2D eigenvalue weighted by molar-refractivity contribution is 7.89. The maximum absolute atomic E-state index is 12.8. The molecule has 1 saturated carbocycles. The van der Waals surface area contributed by atoms with E-state index in [-0.39, 0.29) is 6.04 Å². The highest BCUT2D eigenvalue weighted by Gasteiger charge is 2.34. The largest absolute Gasteiger partial charge is 0.315 e. The van der Waals surface area contributed by atoms with E-state index in [0.29, 0.717) is 17.4 Å². The molecule has 0 radical (unpaired) electrons. The van der Waals surface area contributed by atoms with E-state index >= 15 is 0 Å². The van der Waals surface area contributed by atoms with Crippen molar-refractivity contribution in [1.82, 2.24) is 9.62 Å². The molecule has 2 unspecified atom stereocenters. The van der Waals surface area contributed by atoms with Gasteiger partial charge in [-0.3, -0.25) is 0 Å². The summed E-state index contributed by atoms with van der Waals surface area (Å²) in [5.74, 6) is 0.440. The molecule has 0 amide bonds. The number of thiophene rings is 1. The van der Waals surface area contributed by atoms with Crippen molar-refractivity contribution in [3.63, 3.8) is 0 Å². The van der Waals surface area contributed by atoms with Crippen LogP contribution in [-0.4, -0.2) is 32.9 Å². The summed E-state index contributed by atoms with van der Waals surface area (Å²) in [6.07, 6.45) is 4.44. The Balaban J connectivity index is 2.26. The SMILES string of the molecule is CNCc1sccc1S(=O)(=O)N(C)C1CCCCC1C. The quantitative estimate of drug-likeness (QED) is 0.908. The second-order valence-corrected chi connectivity index (χ2v) is 8.56. The predicted molar refractivity (Wildman–Crippen MR) is 83.5 cm³/mol. The van der Waals surface area contributed by atoms with Crippen LogP contribution in [-0.2, 0) is 16.6 Å². The van der Waals surface area contributed by atoms with Gasteiger partial charge in [-0.15, -0.1) is 11.3 Å². The third-order valence-corrected chi connectivity index (χ3v) is 7.25. The first-order chi connectivity index (χ1) is 9.48. The average Bonchev–Trinajstić information content (AvgIpc) is 2.88. The molecule has 1 aromatic heterocycles. The minimum absolute atomic E-state index is 0.135. The van der Waals surface area contributed by atoms with Gasteiger partial charge in [0.2, 0.25) is 10.0 Å². The van der Waals surface area contributed by atoms with Gasteiger partial charge in [-0.05, 0) is 37.3 Å². The highest BCUT2D eigenvalue weighted by Crippen LogP contribution is 2.32. The van der Waals surface area contributed by atoms with Crippen molar-refractivity contribution >= 4 is 21.4 Å². The van der Waals surface area contributed by atoms with E-state index < -0.39 is 10.0 Å². The molecule has 0 saturated heterocycles. The topological polar surface area (TPSA) is 49.4 Å². The van der Waals surface area contributed by atoms with Crippen LogP contribution in [0.5, 0.6) is 0 Å². The van der Waals surface area contributed by atoms with Crippen LogP contribution in [0.1, 0.15) is 37.5 Å². The third-order valence-electron chi connectivity index (χ3n) is 4.23. The van der Waals surface area contributed by atoms with Gasteiger partial charge in [0.25, 0.3) is 0 Å². The van der Waals surface area contributed by atoms with E-state index in [4.69, 9.17) is 0 Å². The van der Waals surface area contributed by atoms with Crippen LogP contribution in [0, 0.1) is 5.92 Å².